The van der Waals surface area contributed by atoms with Crippen LogP contribution in [0.2, 0.25) is 0 Å². The van der Waals surface area contributed by atoms with Gasteiger partial charge in [-0.25, -0.2) is 0 Å². The fourth-order valence-corrected chi connectivity index (χ4v) is 0.760. The van der Waals surface area contributed by atoms with Gasteiger partial charge in [0.25, 0.3) is 0 Å². The van der Waals surface area contributed by atoms with Crippen molar-refractivity contribution in [3.05, 3.63) is 0 Å². The van der Waals surface area contributed by atoms with Gasteiger partial charge < -0.3 is 15.3 Å². The van der Waals surface area contributed by atoms with Gasteiger partial charge in [0.2, 0.25) is 0 Å². The quantitative estimate of drug-likeness (QED) is 0.461. The number of hydrogen-bond acceptors (Lipinski definition) is 6. The Balaban J connectivity index is 0. The molecule has 0 saturated carbocycles. The molecular weight excluding hydrogens is 214 g/mol. The van der Waals surface area contributed by atoms with E-state index in [1.165, 1.54) is 13.8 Å². The smallest absolute Gasteiger partial charge is 0.195 e. The second kappa shape index (κ2) is 12.3. The Morgan fingerprint density at radius 2 is 1.06 bits per heavy atom. The fraction of sp³-hybridized carbons (Fsp3) is 0.800. The van der Waals surface area contributed by atoms with E-state index in [9.17, 15) is 9.59 Å². The molecule has 6 heteroatoms. The number of aliphatic hydroxyl groups excluding tert-OH is 3. The summed E-state index contributed by atoms with van der Waals surface area (Å²) in [7, 11) is 0. The number of ketones is 2. The van der Waals surface area contributed by atoms with E-state index in [1.807, 2.05) is 0 Å². The molecule has 0 rings (SSSR count). The van der Waals surface area contributed by atoms with Gasteiger partial charge in [-0.1, -0.05) is 0 Å². The number of aliphatic hydroxyl groups is 3. The highest BCUT2D eigenvalue weighted by Crippen LogP contribution is 1.84. The number of carbonyl (C=O) groups is 2. The van der Waals surface area contributed by atoms with Gasteiger partial charge >= 0.3 is 0 Å². The molecule has 0 aromatic rings. The molecule has 0 amide bonds. The molecule has 0 radical (unpaired) electrons. The Hall–Kier alpha value is -0.820. The lowest BCUT2D eigenvalue weighted by molar-refractivity contribution is -0.134. The van der Waals surface area contributed by atoms with Crippen LogP contribution in [0.3, 0.4) is 0 Å². The lowest BCUT2D eigenvalue weighted by Crippen LogP contribution is -2.32. The summed E-state index contributed by atoms with van der Waals surface area (Å²) in [6, 6.07) is 0. The SMILES string of the molecule is CC(=O)C(C)=O.OCCN(CCO)CCO. The van der Waals surface area contributed by atoms with Crippen molar-refractivity contribution in [2.45, 2.75) is 13.8 Å². The Bertz CT molecular complexity index is 169. The number of Topliss-reactive ketones (excluding diaryl/α,β-unsaturated/α-hetero) is 2. The topological polar surface area (TPSA) is 98.1 Å². The first-order valence-electron chi connectivity index (χ1n) is 5.06. The highest BCUT2D eigenvalue weighted by Gasteiger charge is 2.00. The molecule has 3 N–H and O–H groups in total. The number of rotatable bonds is 7. The van der Waals surface area contributed by atoms with Crippen molar-refractivity contribution in [1.82, 2.24) is 4.90 Å². The summed E-state index contributed by atoms with van der Waals surface area (Å²) >= 11 is 0. The van der Waals surface area contributed by atoms with Crippen molar-refractivity contribution in [3.63, 3.8) is 0 Å². The van der Waals surface area contributed by atoms with Crippen LogP contribution < -0.4 is 0 Å². The molecule has 0 atom stereocenters. The van der Waals surface area contributed by atoms with Crippen LogP contribution in [0.25, 0.3) is 0 Å². The van der Waals surface area contributed by atoms with E-state index in [2.05, 4.69) is 0 Å². The van der Waals surface area contributed by atoms with Crippen molar-refractivity contribution in [1.29, 1.82) is 0 Å². The van der Waals surface area contributed by atoms with Gasteiger partial charge in [0, 0.05) is 33.5 Å². The van der Waals surface area contributed by atoms with Crippen LogP contribution in [0.15, 0.2) is 0 Å². The molecule has 0 saturated heterocycles. The van der Waals surface area contributed by atoms with Crippen molar-refractivity contribution < 1.29 is 24.9 Å². The molecule has 0 aromatic heterocycles. The molecule has 0 aliphatic rings. The Labute approximate surface area is 95.5 Å². The molecule has 0 fully saturated rings. The predicted molar refractivity (Wildman–Crippen MR) is 59.1 cm³/mol. The average molecular weight is 235 g/mol. The predicted octanol–water partition coefficient (Wildman–Crippen LogP) is -1.57. The molecule has 0 aromatic carbocycles. The summed E-state index contributed by atoms with van der Waals surface area (Å²) in [5.74, 6) is -0.759. The number of hydrogen-bond donors (Lipinski definition) is 3. The van der Waals surface area contributed by atoms with Crippen LogP contribution in [0, 0.1) is 0 Å². The lowest BCUT2D eigenvalue weighted by atomic mass is 10.3. The van der Waals surface area contributed by atoms with E-state index < -0.39 is 0 Å². The maximum Gasteiger partial charge on any atom is 0.195 e. The van der Waals surface area contributed by atoms with Crippen LogP contribution >= 0.6 is 0 Å². The van der Waals surface area contributed by atoms with E-state index in [4.69, 9.17) is 15.3 Å². The van der Waals surface area contributed by atoms with Crippen molar-refractivity contribution in [3.8, 4) is 0 Å². The highest BCUT2D eigenvalue weighted by molar-refractivity contribution is 6.35. The summed E-state index contributed by atoms with van der Waals surface area (Å²) in [6.45, 7) is 4.26. The van der Waals surface area contributed by atoms with Gasteiger partial charge in [-0.15, -0.1) is 0 Å². The number of nitrogens with zero attached hydrogens (tertiary/aromatic N) is 1. The second-order valence-electron chi connectivity index (χ2n) is 3.12. The molecule has 0 heterocycles. The van der Waals surface area contributed by atoms with Gasteiger partial charge in [-0.05, 0) is 0 Å². The zero-order valence-electron chi connectivity index (χ0n) is 9.85. The molecule has 0 aliphatic carbocycles. The van der Waals surface area contributed by atoms with Crippen LogP contribution in [0.5, 0.6) is 0 Å². The molecule has 0 bridgehead atoms. The lowest BCUT2D eigenvalue weighted by Gasteiger charge is -2.17. The van der Waals surface area contributed by atoms with E-state index in [1.54, 1.807) is 4.90 Å². The summed E-state index contributed by atoms with van der Waals surface area (Å²) in [6.07, 6.45) is 0. The minimum atomic E-state index is -0.380. The molecule has 96 valence electrons. The molecular formula is C10H21NO5. The number of carbonyl (C=O) groups excluding carboxylic acids is 2. The first kappa shape index (κ1) is 17.6. The standard InChI is InChI=1S/C6H15NO3.C4H6O2/c8-4-1-7(2-5-9)3-6-10;1-3(5)4(2)6/h8-10H,1-6H2;1-2H3. The zero-order valence-corrected chi connectivity index (χ0v) is 9.85. The van der Waals surface area contributed by atoms with Crippen LogP contribution in [0.4, 0.5) is 0 Å². The van der Waals surface area contributed by atoms with Gasteiger partial charge in [0.05, 0.1) is 19.8 Å². The molecule has 0 unspecified atom stereocenters. The Kier molecular flexibility index (Phi) is 13.5. The minimum Gasteiger partial charge on any atom is -0.395 e. The van der Waals surface area contributed by atoms with Gasteiger partial charge in [0.15, 0.2) is 11.6 Å². The molecule has 16 heavy (non-hydrogen) atoms. The maximum atomic E-state index is 9.79. The molecule has 0 aliphatic heterocycles. The van der Waals surface area contributed by atoms with E-state index in [0.29, 0.717) is 19.6 Å². The molecule has 0 spiro atoms. The minimum absolute atomic E-state index is 0.0694. The highest BCUT2D eigenvalue weighted by atomic mass is 16.3. The van der Waals surface area contributed by atoms with Crippen molar-refractivity contribution in [2.24, 2.45) is 0 Å². The van der Waals surface area contributed by atoms with Gasteiger partial charge in [-0.3, -0.25) is 14.5 Å². The van der Waals surface area contributed by atoms with Crippen LogP contribution in [0.1, 0.15) is 13.8 Å². The third-order valence-electron chi connectivity index (χ3n) is 1.74. The third-order valence-corrected chi connectivity index (χ3v) is 1.74. The first-order valence-corrected chi connectivity index (χ1v) is 5.06. The average Bonchev–Trinajstić information content (AvgIpc) is 2.19. The van der Waals surface area contributed by atoms with E-state index >= 15 is 0 Å². The fourth-order valence-electron chi connectivity index (χ4n) is 0.760. The van der Waals surface area contributed by atoms with E-state index in [0.717, 1.165) is 0 Å². The van der Waals surface area contributed by atoms with Gasteiger partial charge in [0.1, 0.15) is 0 Å². The second-order valence-corrected chi connectivity index (χ2v) is 3.12. The summed E-state index contributed by atoms with van der Waals surface area (Å²) in [4.78, 5) is 21.4. The third kappa shape index (κ3) is 13.2. The van der Waals surface area contributed by atoms with E-state index in [-0.39, 0.29) is 31.4 Å². The summed E-state index contributed by atoms with van der Waals surface area (Å²) in [5.41, 5.74) is 0. The molecule has 6 nitrogen and oxygen atoms in total. The van der Waals surface area contributed by atoms with Crippen molar-refractivity contribution >= 4 is 11.6 Å². The largest absolute Gasteiger partial charge is 0.395 e. The maximum absolute atomic E-state index is 9.79. The summed E-state index contributed by atoms with van der Waals surface area (Å²) < 4.78 is 0. The van der Waals surface area contributed by atoms with Crippen LogP contribution in [-0.4, -0.2) is 71.2 Å². The monoisotopic (exact) mass is 235 g/mol. The normalized spacial score (nSPS) is 9.62. The first-order chi connectivity index (χ1) is 7.49. The van der Waals surface area contributed by atoms with Gasteiger partial charge in [-0.2, -0.15) is 0 Å². The zero-order chi connectivity index (χ0) is 13.0. The Morgan fingerprint density at radius 3 is 1.19 bits per heavy atom. The Morgan fingerprint density at radius 1 is 0.812 bits per heavy atom. The summed E-state index contributed by atoms with van der Waals surface area (Å²) in [5, 5.41) is 25.5. The van der Waals surface area contributed by atoms with Crippen molar-refractivity contribution in [2.75, 3.05) is 39.5 Å². The van der Waals surface area contributed by atoms with Crippen LogP contribution in [-0.2, 0) is 9.59 Å².